The summed E-state index contributed by atoms with van der Waals surface area (Å²) in [5.74, 6) is -0.488. The molecule has 0 amide bonds. The number of hydrogen-bond acceptors (Lipinski definition) is 2. The summed E-state index contributed by atoms with van der Waals surface area (Å²) in [6, 6.07) is 0. The molecule has 0 unspecified atom stereocenters. The van der Waals surface area contributed by atoms with Gasteiger partial charge in [0, 0.05) is 0 Å². The zero-order valence-electron chi connectivity index (χ0n) is 7.85. The molecule has 3 atom stereocenters. The minimum absolute atomic E-state index is 0.0625. The number of carbonyl (C=O) groups is 1. The fourth-order valence-corrected chi connectivity index (χ4v) is 1.67. The van der Waals surface area contributed by atoms with Gasteiger partial charge in [-0.15, -0.1) is 0 Å². The van der Waals surface area contributed by atoms with Crippen LogP contribution in [0.3, 0.4) is 0 Å². The predicted molar refractivity (Wildman–Crippen MR) is 43.8 cm³/mol. The molecule has 0 aliphatic heterocycles. The first-order valence-corrected chi connectivity index (χ1v) is 4.45. The summed E-state index contributed by atoms with van der Waals surface area (Å²) in [4.78, 5) is 11.3. The minimum Gasteiger partial charge on any atom is -0.466 e. The van der Waals surface area contributed by atoms with Crippen LogP contribution in [0.25, 0.3) is 0 Å². The van der Waals surface area contributed by atoms with Gasteiger partial charge in [0.15, 0.2) is 0 Å². The van der Waals surface area contributed by atoms with Gasteiger partial charge < -0.3 is 4.74 Å². The maximum atomic E-state index is 12.8. The van der Waals surface area contributed by atoms with Crippen LogP contribution in [0, 0.1) is 5.41 Å². The molecule has 0 spiro atoms. The van der Waals surface area contributed by atoms with Gasteiger partial charge in [0.1, 0.15) is 12.3 Å². The molecule has 1 rings (SSSR count). The van der Waals surface area contributed by atoms with E-state index < -0.39 is 23.7 Å². The van der Waals surface area contributed by atoms with E-state index in [0.717, 1.165) is 0 Å². The van der Waals surface area contributed by atoms with E-state index in [4.69, 9.17) is 4.74 Å². The number of ether oxygens (including phenoxy) is 1. The lowest BCUT2D eigenvalue weighted by Gasteiger charge is -2.19. The van der Waals surface area contributed by atoms with Crippen LogP contribution in [0.4, 0.5) is 8.78 Å². The first-order chi connectivity index (χ1) is 5.99. The highest BCUT2D eigenvalue weighted by Crippen LogP contribution is 2.41. The molecule has 0 aromatic heterocycles. The van der Waals surface area contributed by atoms with Crippen LogP contribution in [0.5, 0.6) is 0 Å². The summed E-state index contributed by atoms with van der Waals surface area (Å²) in [6.07, 6.45) is -3.16. The molecule has 0 aromatic rings. The van der Waals surface area contributed by atoms with Gasteiger partial charge in [0.05, 0.1) is 12.0 Å². The SMILES string of the molecule is CCOC(=O)[C@@]1(C)C[C@@H](F)[C@@H](F)C1. The van der Waals surface area contributed by atoms with E-state index in [0.29, 0.717) is 0 Å². The third-order valence-corrected chi connectivity index (χ3v) is 2.45. The van der Waals surface area contributed by atoms with Crippen LogP contribution in [0.2, 0.25) is 0 Å². The second-order valence-corrected chi connectivity index (χ2v) is 3.72. The van der Waals surface area contributed by atoms with E-state index in [9.17, 15) is 13.6 Å². The van der Waals surface area contributed by atoms with E-state index in [2.05, 4.69) is 0 Å². The zero-order chi connectivity index (χ0) is 10.1. The van der Waals surface area contributed by atoms with Gasteiger partial charge in [0.25, 0.3) is 0 Å². The van der Waals surface area contributed by atoms with Crippen molar-refractivity contribution in [1.82, 2.24) is 0 Å². The predicted octanol–water partition coefficient (Wildman–Crippen LogP) is 2.03. The molecule has 0 radical (unpaired) electrons. The van der Waals surface area contributed by atoms with Gasteiger partial charge in [-0.2, -0.15) is 0 Å². The smallest absolute Gasteiger partial charge is 0.311 e. The quantitative estimate of drug-likeness (QED) is 0.626. The Balaban J connectivity index is 2.63. The van der Waals surface area contributed by atoms with Crippen molar-refractivity contribution in [1.29, 1.82) is 0 Å². The van der Waals surface area contributed by atoms with E-state index >= 15 is 0 Å². The lowest BCUT2D eigenvalue weighted by atomic mass is 9.89. The maximum Gasteiger partial charge on any atom is 0.311 e. The number of esters is 1. The molecule has 1 aliphatic carbocycles. The summed E-state index contributed by atoms with van der Waals surface area (Å²) < 4.78 is 30.4. The van der Waals surface area contributed by atoms with Crippen molar-refractivity contribution in [2.75, 3.05) is 6.61 Å². The number of alkyl halides is 2. The number of carbonyl (C=O) groups excluding carboxylic acids is 1. The lowest BCUT2D eigenvalue weighted by molar-refractivity contribution is -0.154. The van der Waals surface area contributed by atoms with Gasteiger partial charge >= 0.3 is 5.97 Å². The summed E-state index contributed by atoms with van der Waals surface area (Å²) in [5, 5.41) is 0. The molecular weight excluding hydrogens is 178 g/mol. The Hall–Kier alpha value is -0.670. The molecular formula is C9H14F2O2. The van der Waals surface area contributed by atoms with Crippen molar-refractivity contribution in [3.05, 3.63) is 0 Å². The first kappa shape index (κ1) is 10.4. The summed E-state index contributed by atoms with van der Waals surface area (Å²) in [5.41, 5.74) is -0.963. The van der Waals surface area contributed by atoms with Crippen LogP contribution in [-0.2, 0) is 9.53 Å². The van der Waals surface area contributed by atoms with Crippen molar-refractivity contribution in [2.45, 2.75) is 39.0 Å². The molecule has 0 heterocycles. The Kier molecular flexibility index (Phi) is 2.88. The van der Waals surface area contributed by atoms with Gasteiger partial charge in [-0.3, -0.25) is 4.79 Å². The first-order valence-electron chi connectivity index (χ1n) is 4.45. The van der Waals surface area contributed by atoms with Gasteiger partial charge in [-0.25, -0.2) is 8.78 Å². The second-order valence-electron chi connectivity index (χ2n) is 3.72. The Bertz CT molecular complexity index is 196. The van der Waals surface area contributed by atoms with E-state index in [-0.39, 0.29) is 19.4 Å². The zero-order valence-corrected chi connectivity index (χ0v) is 7.85. The molecule has 76 valence electrons. The van der Waals surface area contributed by atoms with Crippen molar-refractivity contribution in [3.8, 4) is 0 Å². The van der Waals surface area contributed by atoms with Crippen LogP contribution in [-0.4, -0.2) is 24.9 Å². The lowest BCUT2D eigenvalue weighted by Crippen LogP contribution is -2.27. The summed E-state index contributed by atoms with van der Waals surface area (Å²) >= 11 is 0. The molecule has 13 heavy (non-hydrogen) atoms. The third-order valence-electron chi connectivity index (χ3n) is 2.45. The van der Waals surface area contributed by atoms with E-state index in [1.807, 2.05) is 0 Å². The molecule has 1 fully saturated rings. The van der Waals surface area contributed by atoms with Crippen LogP contribution in [0.1, 0.15) is 26.7 Å². The van der Waals surface area contributed by atoms with Crippen LogP contribution >= 0.6 is 0 Å². The minimum atomic E-state index is -1.52. The fourth-order valence-electron chi connectivity index (χ4n) is 1.67. The monoisotopic (exact) mass is 192 g/mol. The molecule has 0 saturated heterocycles. The highest BCUT2D eigenvalue weighted by atomic mass is 19.2. The molecule has 4 heteroatoms. The van der Waals surface area contributed by atoms with Gasteiger partial charge in [0.2, 0.25) is 0 Å². The highest BCUT2D eigenvalue weighted by molar-refractivity contribution is 5.77. The van der Waals surface area contributed by atoms with E-state index in [1.54, 1.807) is 13.8 Å². The highest BCUT2D eigenvalue weighted by Gasteiger charge is 2.48. The Morgan fingerprint density at radius 3 is 2.31 bits per heavy atom. The van der Waals surface area contributed by atoms with Crippen molar-refractivity contribution >= 4 is 5.97 Å². The Labute approximate surface area is 76.3 Å². The second kappa shape index (κ2) is 3.60. The number of hydrogen-bond donors (Lipinski definition) is 0. The molecule has 0 bridgehead atoms. The van der Waals surface area contributed by atoms with Crippen LogP contribution < -0.4 is 0 Å². The maximum absolute atomic E-state index is 12.8. The summed E-state index contributed by atoms with van der Waals surface area (Å²) in [6.45, 7) is 3.48. The molecule has 0 aromatic carbocycles. The van der Waals surface area contributed by atoms with Crippen molar-refractivity contribution < 1.29 is 18.3 Å². The molecule has 0 N–H and O–H groups in total. The Morgan fingerprint density at radius 2 is 1.92 bits per heavy atom. The van der Waals surface area contributed by atoms with Crippen LogP contribution in [0.15, 0.2) is 0 Å². The molecule has 1 aliphatic rings. The standard InChI is InChI=1S/C9H14F2O2/c1-3-13-8(12)9(2)4-6(10)7(11)5-9/h6-7H,3-5H2,1-2H3/t6-,7+,9+. The normalized spacial score (nSPS) is 39.1. The number of rotatable bonds is 2. The number of halogens is 2. The van der Waals surface area contributed by atoms with Gasteiger partial charge in [-0.05, 0) is 26.7 Å². The van der Waals surface area contributed by atoms with Crippen molar-refractivity contribution in [3.63, 3.8) is 0 Å². The summed E-state index contributed by atoms with van der Waals surface area (Å²) in [7, 11) is 0. The van der Waals surface area contributed by atoms with Gasteiger partial charge in [-0.1, -0.05) is 0 Å². The molecule has 1 saturated carbocycles. The third kappa shape index (κ3) is 1.98. The average Bonchev–Trinajstić information content (AvgIpc) is 2.28. The topological polar surface area (TPSA) is 26.3 Å². The average molecular weight is 192 g/mol. The van der Waals surface area contributed by atoms with Crippen molar-refractivity contribution in [2.24, 2.45) is 5.41 Å². The molecule has 2 nitrogen and oxygen atoms in total. The Morgan fingerprint density at radius 1 is 1.46 bits per heavy atom. The van der Waals surface area contributed by atoms with E-state index in [1.165, 1.54) is 0 Å². The fraction of sp³-hybridized carbons (Fsp3) is 0.889. The largest absolute Gasteiger partial charge is 0.466 e.